The fourth-order valence-electron chi connectivity index (χ4n) is 1.27. The van der Waals surface area contributed by atoms with E-state index in [1.54, 1.807) is 13.8 Å². The highest BCUT2D eigenvalue weighted by atomic mass is 16.5. The molecule has 1 saturated carbocycles. The van der Waals surface area contributed by atoms with E-state index in [9.17, 15) is 4.79 Å². The van der Waals surface area contributed by atoms with Crippen LogP contribution in [-0.2, 0) is 9.53 Å². The molecule has 0 aromatic heterocycles. The van der Waals surface area contributed by atoms with Crippen LogP contribution >= 0.6 is 0 Å². The molecule has 0 heterocycles. The SMILES string of the molecule is CC1CC(OC(=O)C(C)(C)C#N)C1. The molecule has 0 bridgehead atoms. The topological polar surface area (TPSA) is 50.1 Å². The predicted molar refractivity (Wildman–Crippen MR) is 47.7 cm³/mol. The summed E-state index contributed by atoms with van der Waals surface area (Å²) in [6.07, 6.45) is 1.93. The Bertz CT molecular complexity index is 246. The molecule has 0 unspecified atom stereocenters. The van der Waals surface area contributed by atoms with Gasteiger partial charge in [-0.3, -0.25) is 4.79 Å². The molecule has 0 aliphatic heterocycles. The van der Waals surface area contributed by atoms with Gasteiger partial charge in [0.15, 0.2) is 0 Å². The zero-order valence-corrected chi connectivity index (χ0v) is 8.33. The molecule has 0 amide bonds. The summed E-state index contributed by atoms with van der Waals surface area (Å²) in [7, 11) is 0. The summed E-state index contributed by atoms with van der Waals surface area (Å²) < 4.78 is 5.15. The molecule has 1 fully saturated rings. The highest BCUT2D eigenvalue weighted by molar-refractivity contribution is 5.79. The summed E-state index contributed by atoms with van der Waals surface area (Å²) in [6.45, 7) is 5.29. The maximum absolute atomic E-state index is 11.4. The average molecular weight is 181 g/mol. The Morgan fingerprint density at radius 1 is 1.54 bits per heavy atom. The quantitative estimate of drug-likeness (QED) is 0.611. The maximum atomic E-state index is 11.4. The lowest BCUT2D eigenvalue weighted by atomic mass is 9.84. The molecule has 0 atom stereocenters. The standard InChI is InChI=1S/C10H15NO2/c1-7-4-8(5-7)13-9(12)10(2,3)6-11/h7-8H,4-5H2,1-3H3. The van der Waals surface area contributed by atoms with E-state index in [-0.39, 0.29) is 6.10 Å². The summed E-state index contributed by atoms with van der Waals surface area (Å²) in [5, 5.41) is 8.67. The summed E-state index contributed by atoms with van der Waals surface area (Å²) >= 11 is 0. The van der Waals surface area contributed by atoms with E-state index >= 15 is 0 Å². The van der Waals surface area contributed by atoms with E-state index in [1.807, 2.05) is 6.07 Å². The van der Waals surface area contributed by atoms with Gasteiger partial charge in [-0.1, -0.05) is 6.92 Å². The molecule has 0 aromatic carbocycles. The molecule has 1 aliphatic carbocycles. The van der Waals surface area contributed by atoms with Gasteiger partial charge >= 0.3 is 5.97 Å². The number of hydrogen-bond acceptors (Lipinski definition) is 3. The van der Waals surface area contributed by atoms with Crippen LogP contribution in [0, 0.1) is 22.7 Å². The highest BCUT2D eigenvalue weighted by Crippen LogP contribution is 2.31. The third-order valence-electron chi connectivity index (χ3n) is 2.39. The van der Waals surface area contributed by atoms with Gasteiger partial charge in [0.05, 0.1) is 6.07 Å². The molecule has 1 aliphatic rings. The predicted octanol–water partition coefficient (Wildman–Crippen LogP) is 1.88. The molecule has 13 heavy (non-hydrogen) atoms. The summed E-state index contributed by atoms with van der Waals surface area (Å²) in [4.78, 5) is 11.4. The summed E-state index contributed by atoms with van der Waals surface area (Å²) in [6, 6.07) is 1.93. The van der Waals surface area contributed by atoms with Gasteiger partial charge in [0, 0.05) is 0 Å². The van der Waals surface area contributed by atoms with Crippen molar-refractivity contribution >= 4 is 5.97 Å². The third kappa shape index (κ3) is 2.21. The molecule has 72 valence electrons. The van der Waals surface area contributed by atoms with Gasteiger partial charge in [0.25, 0.3) is 0 Å². The Balaban J connectivity index is 2.39. The minimum Gasteiger partial charge on any atom is -0.461 e. The Morgan fingerprint density at radius 2 is 2.08 bits per heavy atom. The van der Waals surface area contributed by atoms with Crippen LogP contribution in [0.3, 0.4) is 0 Å². The number of nitrogens with zero attached hydrogens (tertiary/aromatic N) is 1. The molecule has 3 nitrogen and oxygen atoms in total. The van der Waals surface area contributed by atoms with Crippen LogP contribution in [0.25, 0.3) is 0 Å². The number of rotatable bonds is 2. The number of ether oxygens (including phenoxy) is 1. The second-order valence-electron chi connectivity index (χ2n) is 4.34. The first kappa shape index (κ1) is 10.0. The molecule has 0 saturated heterocycles. The van der Waals surface area contributed by atoms with Crippen LogP contribution < -0.4 is 0 Å². The van der Waals surface area contributed by atoms with Crippen LogP contribution in [0.15, 0.2) is 0 Å². The van der Waals surface area contributed by atoms with Crippen molar-refractivity contribution in [2.75, 3.05) is 0 Å². The van der Waals surface area contributed by atoms with Gasteiger partial charge in [-0.15, -0.1) is 0 Å². The monoisotopic (exact) mass is 181 g/mol. The molecular weight excluding hydrogens is 166 g/mol. The molecule has 0 spiro atoms. The third-order valence-corrected chi connectivity index (χ3v) is 2.39. The Morgan fingerprint density at radius 3 is 2.46 bits per heavy atom. The Hall–Kier alpha value is -1.04. The van der Waals surface area contributed by atoms with Crippen LogP contribution in [0.1, 0.15) is 33.6 Å². The van der Waals surface area contributed by atoms with Crippen molar-refractivity contribution in [3.05, 3.63) is 0 Å². The van der Waals surface area contributed by atoms with E-state index in [1.165, 1.54) is 0 Å². The zero-order valence-electron chi connectivity index (χ0n) is 8.33. The molecular formula is C10H15NO2. The van der Waals surface area contributed by atoms with Gasteiger partial charge in [-0.2, -0.15) is 5.26 Å². The van der Waals surface area contributed by atoms with E-state index in [0.29, 0.717) is 5.92 Å². The minimum absolute atomic E-state index is 0.0510. The highest BCUT2D eigenvalue weighted by Gasteiger charge is 2.35. The molecule has 0 aromatic rings. The largest absolute Gasteiger partial charge is 0.461 e. The number of nitriles is 1. The lowest BCUT2D eigenvalue weighted by molar-refractivity contribution is -0.162. The molecule has 0 radical (unpaired) electrons. The van der Waals surface area contributed by atoms with Crippen LogP contribution in [-0.4, -0.2) is 12.1 Å². The number of esters is 1. The van der Waals surface area contributed by atoms with Crippen molar-refractivity contribution in [1.29, 1.82) is 5.26 Å². The van der Waals surface area contributed by atoms with E-state index in [0.717, 1.165) is 12.8 Å². The Labute approximate surface area is 78.7 Å². The average Bonchev–Trinajstić information content (AvgIpc) is 2.01. The number of carbonyl (C=O) groups excluding carboxylic acids is 1. The van der Waals surface area contributed by atoms with Gasteiger partial charge in [0.1, 0.15) is 11.5 Å². The van der Waals surface area contributed by atoms with Crippen molar-refractivity contribution in [3.8, 4) is 6.07 Å². The van der Waals surface area contributed by atoms with Crippen LogP contribution in [0.4, 0.5) is 0 Å². The van der Waals surface area contributed by atoms with Crippen molar-refractivity contribution < 1.29 is 9.53 Å². The van der Waals surface area contributed by atoms with Crippen molar-refractivity contribution in [2.24, 2.45) is 11.3 Å². The second-order valence-corrected chi connectivity index (χ2v) is 4.34. The first-order valence-corrected chi connectivity index (χ1v) is 4.58. The second kappa shape index (κ2) is 3.37. The first-order valence-electron chi connectivity index (χ1n) is 4.58. The molecule has 0 N–H and O–H groups in total. The van der Waals surface area contributed by atoms with Gasteiger partial charge in [-0.25, -0.2) is 0 Å². The van der Waals surface area contributed by atoms with Crippen molar-refractivity contribution in [3.63, 3.8) is 0 Å². The molecule has 3 heteroatoms. The van der Waals surface area contributed by atoms with Crippen LogP contribution in [0.5, 0.6) is 0 Å². The van der Waals surface area contributed by atoms with Gasteiger partial charge in [-0.05, 0) is 32.6 Å². The van der Waals surface area contributed by atoms with Crippen LogP contribution in [0.2, 0.25) is 0 Å². The fourth-order valence-corrected chi connectivity index (χ4v) is 1.27. The number of carbonyl (C=O) groups is 1. The lowest BCUT2D eigenvalue weighted by Gasteiger charge is -2.33. The van der Waals surface area contributed by atoms with E-state index in [4.69, 9.17) is 10.00 Å². The van der Waals surface area contributed by atoms with Gasteiger partial charge < -0.3 is 4.74 Å². The minimum atomic E-state index is -1.00. The van der Waals surface area contributed by atoms with Gasteiger partial charge in [0.2, 0.25) is 0 Å². The van der Waals surface area contributed by atoms with E-state index in [2.05, 4.69) is 6.92 Å². The smallest absolute Gasteiger partial charge is 0.326 e. The normalized spacial score (nSPS) is 27.2. The van der Waals surface area contributed by atoms with Crippen molar-refractivity contribution in [1.82, 2.24) is 0 Å². The number of hydrogen-bond donors (Lipinski definition) is 0. The first-order chi connectivity index (χ1) is 5.95. The zero-order chi connectivity index (χ0) is 10.1. The lowest BCUT2D eigenvalue weighted by Crippen LogP contribution is -2.36. The maximum Gasteiger partial charge on any atom is 0.326 e. The summed E-state index contributed by atoms with van der Waals surface area (Å²) in [5.74, 6) is 0.259. The molecule has 1 rings (SSSR count). The van der Waals surface area contributed by atoms with E-state index < -0.39 is 11.4 Å². The Kier molecular flexibility index (Phi) is 2.60. The summed E-state index contributed by atoms with van der Waals surface area (Å²) in [5.41, 5.74) is -1.00. The fraction of sp³-hybridized carbons (Fsp3) is 0.800. The van der Waals surface area contributed by atoms with Crippen molar-refractivity contribution in [2.45, 2.75) is 39.7 Å².